The lowest BCUT2D eigenvalue weighted by molar-refractivity contribution is 0.0934. The van der Waals surface area contributed by atoms with E-state index in [1.54, 1.807) is 13.2 Å². The highest BCUT2D eigenvalue weighted by Crippen LogP contribution is 2.04. The number of pyridine rings is 1. The largest absolute Gasteiger partial charge is 0.349 e. The third-order valence-electron chi connectivity index (χ3n) is 2.22. The van der Waals surface area contributed by atoms with Gasteiger partial charge in [0.15, 0.2) is 0 Å². The number of nitrogens with one attached hydrogen (secondary N) is 1. The van der Waals surface area contributed by atoms with Gasteiger partial charge < -0.3 is 5.32 Å². The van der Waals surface area contributed by atoms with Gasteiger partial charge in [-0.1, -0.05) is 0 Å². The molecule has 2 atom stereocenters. The van der Waals surface area contributed by atoms with Crippen LogP contribution in [0.2, 0.25) is 0 Å². The van der Waals surface area contributed by atoms with Crippen molar-refractivity contribution in [2.45, 2.75) is 19.4 Å². The molecule has 0 aliphatic rings. The Labute approximate surface area is 102 Å². The SMILES string of the molecule is CC(CCS(C)=O)NC(=O)c1cccnc1F. The Balaban J connectivity index is 2.55. The molecule has 1 amide bonds. The average molecular weight is 258 g/mol. The second kappa shape index (κ2) is 6.44. The molecule has 0 saturated carbocycles. The molecule has 0 aromatic carbocycles. The van der Waals surface area contributed by atoms with E-state index in [1.807, 2.05) is 0 Å². The van der Waals surface area contributed by atoms with E-state index in [9.17, 15) is 13.4 Å². The van der Waals surface area contributed by atoms with Gasteiger partial charge in [-0.15, -0.1) is 0 Å². The van der Waals surface area contributed by atoms with Gasteiger partial charge in [0, 0.05) is 35.0 Å². The van der Waals surface area contributed by atoms with Crippen molar-refractivity contribution in [2.75, 3.05) is 12.0 Å². The number of carbonyl (C=O) groups is 1. The summed E-state index contributed by atoms with van der Waals surface area (Å²) in [5.74, 6) is -0.766. The first-order chi connectivity index (χ1) is 8.00. The van der Waals surface area contributed by atoms with Crippen molar-refractivity contribution in [3.63, 3.8) is 0 Å². The predicted molar refractivity (Wildman–Crippen MR) is 64.7 cm³/mol. The Kier molecular flexibility index (Phi) is 5.21. The van der Waals surface area contributed by atoms with Gasteiger partial charge in [0.1, 0.15) is 0 Å². The highest BCUT2D eigenvalue weighted by molar-refractivity contribution is 7.84. The average Bonchev–Trinajstić information content (AvgIpc) is 2.26. The molecule has 0 aliphatic heterocycles. The Bertz CT molecular complexity index is 426. The summed E-state index contributed by atoms with van der Waals surface area (Å²) in [4.78, 5) is 15.1. The number of hydrogen-bond donors (Lipinski definition) is 1. The van der Waals surface area contributed by atoms with Crippen molar-refractivity contribution in [2.24, 2.45) is 0 Å². The molecular formula is C11H15FN2O2S. The minimum absolute atomic E-state index is 0.0722. The lowest BCUT2D eigenvalue weighted by Gasteiger charge is -2.13. The number of rotatable bonds is 5. The summed E-state index contributed by atoms with van der Waals surface area (Å²) in [6.45, 7) is 1.79. The fourth-order valence-electron chi connectivity index (χ4n) is 1.27. The van der Waals surface area contributed by atoms with Crippen molar-refractivity contribution in [1.82, 2.24) is 10.3 Å². The topological polar surface area (TPSA) is 59.1 Å². The van der Waals surface area contributed by atoms with E-state index in [0.29, 0.717) is 12.2 Å². The molecule has 17 heavy (non-hydrogen) atoms. The van der Waals surface area contributed by atoms with E-state index in [2.05, 4.69) is 10.3 Å². The van der Waals surface area contributed by atoms with Crippen LogP contribution in [0.4, 0.5) is 4.39 Å². The van der Waals surface area contributed by atoms with Crippen LogP contribution >= 0.6 is 0 Å². The maximum Gasteiger partial charge on any atom is 0.256 e. The maximum absolute atomic E-state index is 13.2. The lowest BCUT2D eigenvalue weighted by atomic mass is 10.2. The highest BCUT2D eigenvalue weighted by Gasteiger charge is 2.14. The number of halogens is 1. The van der Waals surface area contributed by atoms with Crippen LogP contribution in [0.5, 0.6) is 0 Å². The van der Waals surface area contributed by atoms with Crippen LogP contribution in [0, 0.1) is 5.95 Å². The van der Waals surface area contributed by atoms with E-state index in [1.165, 1.54) is 18.3 Å². The summed E-state index contributed by atoms with van der Waals surface area (Å²) in [5, 5.41) is 2.64. The molecule has 0 aliphatic carbocycles. The molecule has 0 fully saturated rings. The van der Waals surface area contributed by atoms with Crippen LogP contribution in [0.1, 0.15) is 23.7 Å². The van der Waals surface area contributed by atoms with Crippen molar-refractivity contribution < 1.29 is 13.4 Å². The summed E-state index contributed by atoms with van der Waals surface area (Å²) in [7, 11) is -0.888. The van der Waals surface area contributed by atoms with Gasteiger partial charge >= 0.3 is 0 Å². The second-order valence-electron chi connectivity index (χ2n) is 3.78. The van der Waals surface area contributed by atoms with Gasteiger partial charge in [0.2, 0.25) is 5.95 Å². The van der Waals surface area contributed by atoms with Crippen LogP contribution in [0.3, 0.4) is 0 Å². The summed E-state index contributed by atoms with van der Waals surface area (Å²) in [5.41, 5.74) is -0.0722. The van der Waals surface area contributed by atoms with Crippen molar-refractivity contribution in [3.05, 3.63) is 29.8 Å². The molecule has 4 nitrogen and oxygen atoms in total. The molecule has 0 radical (unpaired) electrons. The van der Waals surface area contributed by atoms with Gasteiger partial charge in [-0.05, 0) is 25.5 Å². The van der Waals surface area contributed by atoms with Gasteiger partial charge in [-0.25, -0.2) is 4.98 Å². The molecule has 94 valence electrons. The van der Waals surface area contributed by atoms with Crippen LogP contribution in [0.15, 0.2) is 18.3 Å². The standard InChI is InChI=1S/C11H15FN2O2S/c1-8(5-7-17(2)16)14-11(15)9-4-3-6-13-10(9)12/h3-4,6,8H,5,7H2,1-2H3,(H,14,15). The summed E-state index contributed by atoms with van der Waals surface area (Å²) in [6.07, 6.45) is 3.49. The summed E-state index contributed by atoms with van der Waals surface area (Å²) >= 11 is 0. The number of aromatic nitrogens is 1. The molecule has 1 aromatic rings. The molecule has 0 spiro atoms. The minimum atomic E-state index is -0.888. The van der Waals surface area contributed by atoms with E-state index in [0.717, 1.165) is 0 Å². The first-order valence-electron chi connectivity index (χ1n) is 5.22. The third kappa shape index (κ3) is 4.60. The summed E-state index contributed by atoms with van der Waals surface area (Å²) in [6, 6.07) is 2.73. The third-order valence-corrected chi connectivity index (χ3v) is 3.03. The molecule has 6 heteroatoms. The van der Waals surface area contributed by atoms with Crippen LogP contribution in [0.25, 0.3) is 0 Å². The number of hydrogen-bond acceptors (Lipinski definition) is 3. The molecule has 1 rings (SSSR count). The zero-order valence-electron chi connectivity index (χ0n) is 9.77. The van der Waals surface area contributed by atoms with Crippen molar-refractivity contribution in [1.29, 1.82) is 0 Å². The fraction of sp³-hybridized carbons (Fsp3) is 0.455. The predicted octanol–water partition coefficient (Wildman–Crippen LogP) is 1.11. The first-order valence-corrected chi connectivity index (χ1v) is 6.95. The Morgan fingerprint density at radius 2 is 2.35 bits per heavy atom. The van der Waals surface area contributed by atoms with Crippen molar-refractivity contribution >= 4 is 16.7 Å². The Morgan fingerprint density at radius 1 is 1.65 bits per heavy atom. The van der Waals surface area contributed by atoms with E-state index in [-0.39, 0.29) is 11.6 Å². The smallest absolute Gasteiger partial charge is 0.256 e. The van der Waals surface area contributed by atoms with E-state index < -0.39 is 22.7 Å². The molecular weight excluding hydrogens is 243 g/mol. The van der Waals surface area contributed by atoms with Crippen molar-refractivity contribution in [3.8, 4) is 0 Å². The normalized spacial score (nSPS) is 14.1. The number of nitrogens with zero attached hydrogens (tertiary/aromatic N) is 1. The second-order valence-corrected chi connectivity index (χ2v) is 5.34. The maximum atomic E-state index is 13.2. The zero-order valence-corrected chi connectivity index (χ0v) is 10.6. The van der Waals surface area contributed by atoms with E-state index in [4.69, 9.17) is 0 Å². The molecule has 1 aromatic heterocycles. The van der Waals surface area contributed by atoms with Gasteiger partial charge in [0.25, 0.3) is 5.91 Å². The number of carbonyl (C=O) groups excluding carboxylic acids is 1. The lowest BCUT2D eigenvalue weighted by Crippen LogP contribution is -2.34. The van der Waals surface area contributed by atoms with Gasteiger partial charge in [-0.2, -0.15) is 4.39 Å². The van der Waals surface area contributed by atoms with E-state index >= 15 is 0 Å². The van der Waals surface area contributed by atoms with Crippen LogP contribution < -0.4 is 5.32 Å². The van der Waals surface area contributed by atoms with Crippen LogP contribution in [-0.2, 0) is 10.8 Å². The van der Waals surface area contributed by atoms with Gasteiger partial charge in [0.05, 0.1) is 5.56 Å². The molecule has 0 saturated heterocycles. The monoisotopic (exact) mass is 258 g/mol. The fourth-order valence-corrected chi connectivity index (χ4v) is 1.96. The Morgan fingerprint density at radius 3 is 2.94 bits per heavy atom. The first kappa shape index (κ1) is 13.8. The summed E-state index contributed by atoms with van der Waals surface area (Å²) < 4.78 is 24.1. The van der Waals surface area contributed by atoms with Gasteiger partial charge in [-0.3, -0.25) is 9.00 Å². The zero-order chi connectivity index (χ0) is 12.8. The quantitative estimate of drug-likeness (QED) is 0.805. The molecule has 0 bridgehead atoms. The molecule has 1 N–H and O–H groups in total. The molecule has 1 heterocycles. The van der Waals surface area contributed by atoms with Crippen LogP contribution in [-0.4, -0.2) is 33.2 Å². The number of amides is 1. The minimum Gasteiger partial charge on any atom is -0.349 e. The molecule has 2 unspecified atom stereocenters. The Hall–Kier alpha value is -1.30. The highest BCUT2D eigenvalue weighted by atomic mass is 32.2.